The number of ether oxygens (including phenoxy) is 1. The van der Waals surface area contributed by atoms with Crippen molar-refractivity contribution < 1.29 is 14.3 Å². The van der Waals surface area contributed by atoms with Gasteiger partial charge in [0, 0.05) is 17.5 Å². The number of hydrogen-bond acceptors (Lipinski definition) is 3. The molecule has 0 fully saturated rings. The zero-order valence-corrected chi connectivity index (χ0v) is 21.6. The normalized spacial score (nSPS) is 12.0. The second kappa shape index (κ2) is 17.1. The molecule has 0 aliphatic carbocycles. The lowest BCUT2D eigenvalue weighted by molar-refractivity contribution is -0.164. The number of esters is 1. The highest BCUT2D eigenvalue weighted by atomic mass is 16.6. The van der Waals surface area contributed by atoms with E-state index in [0.717, 1.165) is 57.8 Å². The molecule has 0 aromatic heterocycles. The van der Waals surface area contributed by atoms with Crippen LogP contribution in [0.3, 0.4) is 0 Å². The van der Waals surface area contributed by atoms with Gasteiger partial charge in [-0.1, -0.05) is 123 Å². The summed E-state index contributed by atoms with van der Waals surface area (Å²) in [5.74, 6) is -1.12. The smallest absolute Gasteiger partial charge is 0.307 e. The second-order valence-electron chi connectivity index (χ2n) is 8.85. The fourth-order valence-corrected chi connectivity index (χ4v) is 4.08. The van der Waals surface area contributed by atoms with E-state index in [1.54, 1.807) is 24.3 Å². The van der Waals surface area contributed by atoms with Crippen LogP contribution >= 0.6 is 0 Å². The van der Waals surface area contributed by atoms with E-state index >= 15 is 0 Å². The molecule has 36 heavy (non-hydrogen) atoms. The Bertz CT molecular complexity index is 937. The van der Waals surface area contributed by atoms with E-state index in [1.165, 1.54) is 0 Å². The van der Waals surface area contributed by atoms with E-state index in [-0.39, 0.29) is 6.42 Å². The topological polar surface area (TPSA) is 69.4 Å². The van der Waals surface area contributed by atoms with Crippen molar-refractivity contribution in [2.75, 3.05) is 0 Å². The number of nitrogens with two attached hydrogens (primary N) is 1. The van der Waals surface area contributed by atoms with Crippen molar-refractivity contribution in [3.8, 4) is 0 Å². The van der Waals surface area contributed by atoms with Crippen molar-refractivity contribution in [2.24, 2.45) is 5.73 Å². The van der Waals surface area contributed by atoms with Gasteiger partial charge in [0.15, 0.2) is 0 Å². The Morgan fingerprint density at radius 2 is 1.22 bits per heavy atom. The van der Waals surface area contributed by atoms with Crippen molar-refractivity contribution in [1.29, 1.82) is 0 Å². The maximum atomic E-state index is 12.8. The van der Waals surface area contributed by atoms with Crippen LogP contribution < -0.4 is 5.73 Å². The summed E-state index contributed by atoms with van der Waals surface area (Å²) in [6.07, 6.45) is 22.7. The predicted octanol–water partition coefficient (Wildman–Crippen LogP) is 7.55. The number of rotatable bonds is 17. The molecule has 0 heterocycles. The third-order valence-electron chi connectivity index (χ3n) is 6.01. The lowest BCUT2D eigenvalue weighted by atomic mass is 9.85. The molecule has 0 bridgehead atoms. The van der Waals surface area contributed by atoms with E-state index in [0.29, 0.717) is 11.1 Å². The molecule has 192 valence electrons. The number of amides is 1. The van der Waals surface area contributed by atoms with E-state index in [2.05, 4.69) is 43.4 Å². The number of carbonyl (C=O) groups excluding carboxylic acids is 2. The molecule has 0 saturated carbocycles. The monoisotopic (exact) mass is 487 g/mol. The predicted molar refractivity (Wildman–Crippen MR) is 148 cm³/mol. The molecule has 4 heteroatoms. The minimum Gasteiger partial charge on any atom is -0.439 e. The number of allylic oxidation sites excluding steroid dienone is 6. The van der Waals surface area contributed by atoms with Gasteiger partial charge in [-0.2, -0.15) is 0 Å². The van der Waals surface area contributed by atoms with Crippen LogP contribution in [-0.2, 0) is 19.9 Å². The van der Waals surface area contributed by atoms with Gasteiger partial charge >= 0.3 is 5.97 Å². The van der Waals surface area contributed by atoms with Gasteiger partial charge in [0.2, 0.25) is 5.60 Å². The SMILES string of the molecule is CC/C=C\C/C=C\C/C=C\CCCCCCCC(=O)OC(C(N)=O)(c1ccccc1)c1ccccc1. The van der Waals surface area contributed by atoms with Crippen LogP contribution in [0.2, 0.25) is 0 Å². The van der Waals surface area contributed by atoms with Crippen molar-refractivity contribution in [3.05, 3.63) is 108 Å². The highest BCUT2D eigenvalue weighted by Crippen LogP contribution is 2.34. The zero-order valence-electron chi connectivity index (χ0n) is 21.6. The van der Waals surface area contributed by atoms with Gasteiger partial charge in [-0.3, -0.25) is 9.59 Å². The molecule has 2 rings (SSSR count). The first-order valence-electron chi connectivity index (χ1n) is 13.2. The maximum absolute atomic E-state index is 12.8. The fourth-order valence-electron chi connectivity index (χ4n) is 4.08. The lowest BCUT2D eigenvalue weighted by Crippen LogP contribution is -2.46. The van der Waals surface area contributed by atoms with E-state index in [9.17, 15) is 9.59 Å². The van der Waals surface area contributed by atoms with Crippen LogP contribution in [-0.4, -0.2) is 11.9 Å². The Morgan fingerprint density at radius 1 is 0.722 bits per heavy atom. The minimum atomic E-state index is -1.63. The van der Waals surface area contributed by atoms with Crippen LogP contribution in [0.1, 0.15) is 82.3 Å². The molecule has 0 radical (unpaired) electrons. The van der Waals surface area contributed by atoms with Crippen LogP contribution in [0, 0.1) is 0 Å². The second-order valence-corrected chi connectivity index (χ2v) is 8.85. The van der Waals surface area contributed by atoms with Gasteiger partial charge in [-0.05, 0) is 38.5 Å². The Morgan fingerprint density at radius 3 is 1.78 bits per heavy atom. The third kappa shape index (κ3) is 9.69. The summed E-state index contributed by atoms with van der Waals surface area (Å²) in [7, 11) is 0. The molecule has 0 aliphatic heterocycles. The maximum Gasteiger partial charge on any atom is 0.307 e. The molecular weight excluding hydrogens is 446 g/mol. The lowest BCUT2D eigenvalue weighted by Gasteiger charge is -2.31. The van der Waals surface area contributed by atoms with Crippen molar-refractivity contribution in [1.82, 2.24) is 0 Å². The van der Waals surface area contributed by atoms with Gasteiger partial charge in [-0.25, -0.2) is 0 Å². The molecule has 2 aromatic rings. The number of carbonyl (C=O) groups is 2. The molecule has 0 spiro atoms. The van der Waals surface area contributed by atoms with Crippen LogP contribution in [0.4, 0.5) is 0 Å². The van der Waals surface area contributed by atoms with Gasteiger partial charge < -0.3 is 10.5 Å². The third-order valence-corrected chi connectivity index (χ3v) is 6.01. The van der Waals surface area contributed by atoms with Crippen LogP contribution in [0.5, 0.6) is 0 Å². The van der Waals surface area contributed by atoms with Crippen LogP contribution in [0.15, 0.2) is 97.1 Å². The molecule has 4 nitrogen and oxygen atoms in total. The van der Waals surface area contributed by atoms with Crippen LogP contribution in [0.25, 0.3) is 0 Å². The average Bonchev–Trinajstić information content (AvgIpc) is 2.90. The van der Waals surface area contributed by atoms with Crippen molar-refractivity contribution >= 4 is 11.9 Å². The number of benzene rings is 2. The zero-order chi connectivity index (χ0) is 25.9. The highest BCUT2D eigenvalue weighted by Gasteiger charge is 2.44. The van der Waals surface area contributed by atoms with Gasteiger partial charge in [0.05, 0.1) is 0 Å². The highest BCUT2D eigenvalue weighted by molar-refractivity contribution is 5.91. The number of hydrogen-bond donors (Lipinski definition) is 1. The molecule has 1 amide bonds. The molecule has 2 aromatic carbocycles. The molecule has 0 aliphatic rings. The Balaban J connectivity index is 1.74. The van der Waals surface area contributed by atoms with E-state index < -0.39 is 17.5 Å². The quantitative estimate of drug-likeness (QED) is 0.142. The average molecular weight is 488 g/mol. The van der Waals surface area contributed by atoms with E-state index in [1.807, 2.05) is 36.4 Å². The summed E-state index contributed by atoms with van der Waals surface area (Å²) in [6, 6.07) is 18.0. The Labute approximate surface area is 216 Å². The summed E-state index contributed by atoms with van der Waals surface area (Å²) in [4.78, 5) is 25.5. The molecule has 2 N–H and O–H groups in total. The summed E-state index contributed by atoms with van der Waals surface area (Å²) < 4.78 is 5.86. The Kier molecular flexibility index (Phi) is 13.7. The van der Waals surface area contributed by atoms with Crippen molar-refractivity contribution in [2.45, 2.75) is 76.7 Å². The first-order chi connectivity index (χ1) is 17.6. The Hall–Kier alpha value is -3.40. The fraction of sp³-hybridized carbons (Fsp3) is 0.375. The molecule has 0 unspecified atom stereocenters. The molecule has 0 atom stereocenters. The number of unbranched alkanes of at least 4 members (excludes halogenated alkanes) is 5. The van der Waals surface area contributed by atoms with Gasteiger partial charge in [-0.15, -0.1) is 0 Å². The van der Waals surface area contributed by atoms with Gasteiger partial charge in [0.1, 0.15) is 0 Å². The summed E-state index contributed by atoms with van der Waals surface area (Å²) in [6.45, 7) is 2.14. The summed E-state index contributed by atoms with van der Waals surface area (Å²) >= 11 is 0. The summed E-state index contributed by atoms with van der Waals surface area (Å²) in [5, 5.41) is 0. The van der Waals surface area contributed by atoms with Crippen molar-refractivity contribution in [3.63, 3.8) is 0 Å². The largest absolute Gasteiger partial charge is 0.439 e. The standard InChI is InChI=1S/C32H41NO3/c1-2-3-4-5-6-7-8-9-10-11-12-13-14-15-22-27-30(34)36-32(31(33)35,28-23-18-16-19-24-28)29-25-20-17-21-26-29/h3-4,6-7,9-10,16-21,23-26H,2,5,8,11-15,22,27H2,1H3,(H2,33,35)/b4-3-,7-6-,10-9-. The first-order valence-corrected chi connectivity index (χ1v) is 13.2. The molecule has 0 saturated heterocycles. The minimum absolute atomic E-state index is 0.258. The number of primary amides is 1. The molecular formula is C32H41NO3. The van der Waals surface area contributed by atoms with E-state index in [4.69, 9.17) is 10.5 Å². The first kappa shape index (κ1) is 28.8. The van der Waals surface area contributed by atoms with Gasteiger partial charge in [0.25, 0.3) is 5.91 Å². The summed E-state index contributed by atoms with van der Waals surface area (Å²) in [5.41, 5.74) is 5.31.